The molecule has 1 aliphatic heterocycles. The summed E-state index contributed by atoms with van der Waals surface area (Å²) in [5, 5.41) is 3.01. The molecule has 1 N–H and O–H groups in total. The SMILES string of the molecule is C=C(CNCC)CN1C(=O)C(=O)c2c(F)ccc(F)c21. The van der Waals surface area contributed by atoms with Gasteiger partial charge >= 0.3 is 0 Å². The van der Waals surface area contributed by atoms with Crippen molar-refractivity contribution in [3.8, 4) is 0 Å². The van der Waals surface area contributed by atoms with Crippen LogP contribution < -0.4 is 10.2 Å². The van der Waals surface area contributed by atoms with Crippen LogP contribution in [0.2, 0.25) is 0 Å². The average Bonchev–Trinajstić information content (AvgIpc) is 2.67. The van der Waals surface area contributed by atoms with E-state index in [1.807, 2.05) is 6.92 Å². The number of ketones is 1. The first-order valence-electron chi connectivity index (χ1n) is 6.19. The van der Waals surface area contributed by atoms with Crippen LogP contribution in [0.4, 0.5) is 14.5 Å². The van der Waals surface area contributed by atoms with Gasteiger partial charge in [-0.3, -0.25) is 14.5 Å². The summed E-state index contributed by atoms with van der Waals surface area (Å²) < 4.78 is 27.4. The normalized spacial score (nSPS) is 13.8. The van der Waals surface area contributed by atoms with Gasteiger partial charge in [0, 0.05) is 13.1 Å². The molecule has 0 saturated heterocycles. The number of carbonyl (C=O) groups excluding carboxylic acids is 2. The number of benzene rings is 1. The zero-order chi connectivity index (χ0) is 14.9. The largest absolute Gasteiger partial charge is 0.313 e. The van der Waals surface area contributed by atoms with E-state index in [1.54, 1.807) is 0 Å². The van der Waals surface area contributed by atoms with Gasteiger partial charge in [0.25, 0.3) is 11.7 Å². The van der Waals surface area contributed by atoms with Crippen molar-refractivity contribution in [2.75, 3.05) is 24.5 Å². The lowest BCUT2D eigenvalue weighted by Gasteiger charge is -2.18. The van der Waals surface area contributed by atoms with Crippen LogP contribution >= 0.6 is 0 Å². The van der Waals surface area contributed by atoms with Crippen LogP contribution in [0.3, 0.4) is 0 Å². The Bertz CT molecular complexity index is 599. The molecule has 0 spiro atoms. The molecular formula is C14H14F2N2O2. The highest BCUT2D eigenvalue weighted by atomic mass is 19.1. The molecule has 106 valence electrons. The summed E-state index contributed by atoms with van der Waals surface area (Å²) in [4.78, 5) is 24.5. The molecule has 1 aliphatic rings. The van der Waals surface area contributed by atoms with Crippen LogP contribution in [0.15, 0.2) is 24.3 Å². The third-order valence-electron chi connectivity index (χ3n) is 3.02. The summed E-state index contributed by atoms with van der Waals surface area (Å²) in [6.07, 6.45) is 0. The Morgan fingerprint density at radius 3 is 2.60 bits per heavy atom. The van der Waals surface area contributed by atoms with Crippen molar-refractivity contribution >= 4 is 17.4 Å². The van der Waals surface area contributed by atoms with E-state index in [2.05, 4.69) is 11.9 Å². The lowest BCUT2D eigenvalue weighted by atomic mass is 10.1. The van der Waals surface area contributed by atoms with E-state index >= 15 is 0 Å². The molecule has 0 aromatic heterocycles. The minimum Gasteiger partial charge on any atom is -0.313 e. The van der Waals surface area contributed by atoms with Crippen molar-refractivity contribution in [1.29, 1.82) is 0 Å². The fourth-order valence-electron chi connectivity index (χ4n) is 2.08. The lowest BCUT2D eigenvalue weighted by molar-refractivity contribution is -0.114. The van der Waals surface area contributed by atoms with Gasteiger partial charge < -0.3 is 5.32 Å². The first-order valence-corrected chi connectivity index (χ1v) is 6.19. The van der Waals surface area contributed by atoms with Gasteiger partial charge in [0.15, 0.2) is 0 Å². The first-order chi connectivity index (χ1) is 9.47. The van der Waals surface area contributed by atoms with Crippen LogP contribution in [0.25, 0.3) is 0 Å². The molecule has 0 fully saturated rings. The molecule has 0 aliphatic carbocycles. The second-order valence-electron chi connectivity index (χ2n) is 4.50. The summed E-state index contributed by atoms with van der Waals surface area (Å²) in [5.74, 6) is -3.63. The van der Waals surface area contributed by atoms with Gasteiger partial charge in [0.1, 0.15) is 11.6 Å². The molecule has 0 saturated carbocycles. The third kappa shape index (κ3) is 2.34. The van der Waals surface area contributed by atoms with Gasteiger partial charge in [-0.25, -0.2) is 8.78 Å². The summed E-state index contributed by atoms with van der Waals surface area (Å²) >= 11 is 0. The third-order valence-corrected chi connectivity index (χ3v) is 3.02. The number of anilines is 1. The van der Waals surface area contributed by atoms with Crippen LogP contribution in [0.5, 0.6) is 0 Å². The molecule has 2 rings (SSSR count). The number of Topliss-reactive ketones (excluding diaryl/α,β-unsaturated/α-hetero) is 1. The number of nitrogens with one attached hydrogen (secondary N) is 1. The van der Waals surface area contributed by atoms with E-state index in [0.717, 1.165) is 17.0 Å². The molecule has 0 radical (unpaired) electrons. The highest BCUT2D eigenvalue weighted by molar-refractivity contribution is 6.52. The molecule has 0 unspecified atom stereocenters. The van der Waals surface area contributed by atoms with Crippen molar-refractivity contribution in [3.63, 3.8) is 0 Å². The number of hydrogen-bond acceptors (Lipinski definition) is 3. The van der Waals surface area contributed by atoms with Crippen molar-refractivity contribution in [2.24, 2.45) is 0 Å². The molecular weight excluding hydrogens is 266 g/mol. The molecule has 1 amide bonds. The molecule has 1 heterocycles. The number of likely N-dealkylation sites (N-methyl/N-ethyl adjacent to an activating group) is 1. The van der Waals surface area contributed by atoms with Gasteiger partial charge in [0.2, 0.25) is 0 Å². The Morgan fingerprint density at radius 1 is 1.30 bits per heavy atom. The minimum absolute atomic E-state index is 0.0229. The Hall–Kier alpha value is -2.08. The quantitative estimate of drug-likeness (QED) is 0.659. The van der Waals surface area contributed by atoms with Crippen molar-refractivity contribution < 1.29 is 18.4 Å². The fraction of sp³-hybridized carbons (Fsp3) is 0.286. The number of fused-ring (bicyclic) bond motifs is 1. The number of rotatable bonds is 5. The van der Waals surface area contributed by atoms with E-state index in [0.29, 0.717) is 18.7 Å². The standard InChI is InChI=1S/C14H14F2N2O2/c1-3-17-6-8(2)7-18-12-10(16)5-4-9(15)11(12)13(19)14(18)20/h4-5,17H,2-3,6-7H2,1H3. The molecule has 1 aromatic carbocycles. The molecule has 0 bridgehead atoms. The van der Waals surface area contributed by atoms with E-state index in [1.165, 1.54) is 0 Å². The van der Waals surface area contributed by atoms with Gasteiger partial charge in [-0.1, -0.05) is 13.5 Å². The number of amides is 1. The Kier molecular flexibility index (Phi) is 3.94. The highest BCUT2D eigenvalue weighted by Gasteiger charge is 2.40. The monoisotopic (exact) mass is 280 g/mol. The Labute approximate surface area is 115 Å². The lowest BCUT2D eigenvalue weighted by Crippen LogP contribution is -2.34. The summed E-state index contributed by atoms with van der Waals surface area (Å²) in [5.41, 5.74) is -0.187. The topological polar surface area (TPSA) is 49.4 Å². The van der Waals surface area contributed by atoms with E-state index in [9.17, 15) is 18.4 Å². The number of carbonyl (C=O) groups is 2. The van der Waals surface area contributed by atoms with Crippen molar-refractivity contribution in [2.45, 2.75) is 6.92 Å². The van der Waals surface area contributed by atoms with Crippen LogP contribution in [0.1, 0.15) is 17.3 Å². The maximum atomic E-state index is 13.8. The Morgan fingerprint density at radius 2 is 1.95 bits per heavy atom. The number of hydrogen-bond donors (Lipinski definition) is 1. The second-order valence-corrected chi connectivity index (χ2v) is 4.50. The number of halogens is 2. The maximum absolute atomic E-state index is 13.8. The first kappa shape index (κ1) is 14.3. The fourth-order valence-corrected chi connectivity index (χ4v) is 2.08. The zero-order valence-electron chi connectivity index (χ0n) is 11.0. The molecule has 0 atom stereocenters. The van der Waals surface area contributed by atoms with Crippen LogP contribution in [0, 0.1) is 11.6 Å². The highest BCUT2D eigenvalue weighted by Crippen LogP contribution is 2.33. The van der Waals surface area contributed by atoms with Crippen molar-refractivity contribution in [3.05, 3.63) is 41.5 Å². The minimum atomic E-state index is -1.02. The van der Waals surface area contributed by atoms with Crippen LogP contribution in [-0.4, -0.2) is 31.3 Å². The summed E-state index contributed by atoms with van der Waals surface area (Å²) in [7, 11) is 0. The molecule has 20 heavy (non-hydrogen) atoms. The van der Waals surface area contributed by atoms with Gasteiger partial charge in [-0.05, 0) is 24.3 Å². The predicted octanol–water partition coefficient (Wildman–Crippen LogP) is 1.66. The van der Waals surface area contributed by atoms with Gasteiger partial charge in [0.05, 0.1) is 11.3 Å². The Balaban J connectivity index is 2.34. The van der Waals surface area contributed by atoms with E-state index in [4.69, 9.17) is 0 Å². The van der Waals surface area contributed by atoms with Gasteiger partial charge in [-0.2, -0.15) is 0 Å². The van der Waals surface area contributed by atoms with E-state index in [-0.39, 0.29) is 12.2 Å². The molecule has 6 heteroatoms. The van der Waals surface area contributed by atoms with Gasteiger partial charge in [-0.15, -0.1) is 0 Å². The zero-order valence-corrected chi connectivity index (χ0v) is 11.0. The average molecular weight is 280 g/mol. The smallest absolute Gasteiger partial charge is 0.299 e. The molecule has 1 aromatic rings. The van der Waals surface area contributed by atoms with E-state index < -0.39 is 28.9 Å². The summed E-state index contributed by atoms with van der Waals surface area (Å²) in [6, 6.07) is 1.75. The maximum Gasteiger partial charge on any atom is 0.299 e. The predicted molar refractivity (Wildman–Crippen MR) is 70.7 cm³/mol. The van der Waals surface area contributed by atoms with Crippen molar-refractivity contribution in [1.82, 2.24) is 5.32 Å². The van der Waals surface area contributed by atoms with Crippen LogP contribution in [-0.2, 0) is 4.79 Å². The second kappa shape index (κ2) is 5.50. The molecule has 4 nitrogen and oxygen atoms in total. The summed E-state index contributed by atoms with van der Waals surface area (Å²) in [6.45, 7) is 6.78. The number of nitrogens with zero attached hydrogens (tertiary/aromatic N) is 1.